The molecule has 1 aromatic rings. The van der Waals surface area contributed by atoms with Gasteiger partial charge in [-0.1, -0.05) is 38.1 Å². The third-order valence-corrected chi connectivity index (χ3v) is 11.5. The molecule has 2 saturated heterocycles. The van der Waals surface area contributed by atoms with Crippen LogP contribution in [0.25, 0.3) is 0 Å². The second-order valence-corrected chi connectivity index (χ2v) is 15.8. The number of hydrogen-bond acceptors (Lipinski definition) is 12. The number of ether oxygens (including phenoxy) is 4. The molecule has 15 nitrogen and oxygen atoms in total. The van der Waals surface area contributed by atoms with Gasteiger partial charge in [-0.15, -0.1) is 0 Å². The van der Waals surface area contributed by atoms with Crippen LogP contribution in [0.15, 0.2) is 42.0 Å². The van der Waals surface area contributed by atoms with Crippen LogP contribution in [0.5, 0.6) is 0 Å². The van der Waals surface area contributed by atoms with Crippen molar-refractivity contribution in [2.75, 3.05) is 44.8 Å². The number of benzene rings is 1. The number of anilines is 1. The summed E-state index contributed by atoms with van der Waals surface area (Å²) in [5, 5.41) is 18.3. The number of unbranched alkanes of at least 4 members (excludes halogenated alkanes) is 2. The van der Waals surface area contributed by atoms with Gasteiger partial charge in [-0.2, -0.15) is 0 Å². The minimum absolute atomic E-state index is 0.0502. The lowest BCUT2D eigenvalue weighted by Crippen LogP contribution is -2.54. The standard InChI is InChI=1S/C42H56N4O11/c1-25-21-27-10-9-26(2)30(12-11-29-23-28(47)24-36(49)56-29)37(27)34(22-25)57-42(53)44-16-20-55-18-5-3-4-17-54-19-15-43-32-8-6-7-31-38(32)41(52)46(40(31)51)33-13-14-35(48)45-39(33)50/h6-10,21,25-26,28-30,33-34,37,43,47H,3-5,11-20,22-24H2,1-2H3,(H,44,53)(H,45,48,50)/t25-,26-,28+,29+,30-,33?,34-,37-/m0/s1. The van der Waals surface area contributed by atoms with Crippen LogP contribution in [-0.2, 0) is 33.3 Å². The number of hydrogen-bond donors (Lipinski definition) is 4. The van der Waals surface area contributed by atoms with E-state index >= 15 is 0 Å². The molecule has 5 aliphatic rings. The van der Waals surface area contributed by atoms with Crippen LogP contribution in [0.2, 0.25) is 0 Å². The van der Waals surface area contributed by atoms with Crippen LogP contribution < -0.4 is 16.0 Å². The van der Waals surface area contributed by atoms with Crippen LogP contribution in [0.1, 0.15) is 98.8 Å². The van der Waals surface area contributed by atoms with Crippen molar-refractivity contribution < 1.29 is 52.8 Å². The highest BCUT2D eigenvalue weighted by Crippen LogP contribution is 2.45. The van der Waals surface area contributed by atoms with Gasteiger partial charge in [-0.05, 0) is 80.4 Å². The molecule has 310 valence electrons. The molecule has 15 heteroatoms. The molecule has 5 amide bonds. The van der Waals surface area contributed by atoms with E-state index in [9.17, 15) is 33.9 Å². The van der Waals surface area contributed by atoms with Crippen molar-refractivity contribution >= 4 is 41.4 Å². The number of fused-ring (bicyclic) bond motifs is 2. The Morgan fingerprint density at radius 3 is 2.49 bits per heavy atom. The van der Waals surface area contributed by atoms with Gasteiger partial charge < -0.3 is 34.7 Å². The minimum atomic E-state index is -1.01. The molecule has 0 bridgehead atoms. The van der Waals surface area contributed by atoms with E-state index in [1.54, 1.807) is 18.2 Å². The molecule has 3 heterocycles. The third kappa shape index (κ3) is 10.7. The maximum absolute atomic E-state index is 13.2. The van der Waals surface area contributed by atoms with Gasteiger partial charge in [0.15, 0.2) is 0 Å². The fourth-order valence-electron chi connectivity index (χ4n) is 8.75. The van der Waals surface area contributed by atoms with Crippen LogP contribution in [0, 0.1) is 23.7 Å². The van der Waals surface area contributed by atoms with Gasteiger partial charge in [0.05, 0.1) is 36.9 Å². The van der Waals surface area contributed by atoms with E-state index in [1.165, 1.54) is 5.57 Å². The Kier molecular flexibility index (Phi) is 14.5. The van der Waals surface area contributed by atoms with E-state index in [4.69, 9.17) is 18.9 Å². The van der Waals surface area contributed by atoms with Gasteiger partial charge >= 0.3 is 12.1 Å². The van der Waals surface area contributed by atoms with E-state index in [0.717, 1.165) is 37.0 Å². The molecule has 6 rings (SSSR count). The Morgan fingerprint density at radius 1 is 0.965 bits per heavy atom. The number of carbonyl (C=O) groups is 6. The lowest BCUT2D eigenvalue weighted by molar-refractivity contribution is -0.160. The molecule has 4 N–H and O–H groups in total. The number of rotatable bonds is 18. The van der Waals surface area contributed by atoms with Gasteiger partial charge in [-0.3, -0.25) is 34.2 Å². The predicted molar refractivity (Wildman–Crippen MR) is 207 cm³/mol. The van der Waals surface area contributed by atoms with Crippen LogP contribution in [-0.4, -0.2) is 110 Å². The molecule has 2 fully saturated rings. The van der Waals surface area contributed by atoms with Gasteiger partial charge in [-0.25, -0.2) is 4.79 Å². The van der Waals surface area contributed by atoms with Crippen LogP contribution >= 0.6 is 0 Å². The molecule has 8 atom stereocenters. The molecule has 0 radical (unpaired) electrons. The first kappa shape index (κ1) is 42.0. The van der Waals surface area contributed by atoms with E-state index in [-0.39, 0.29) is 72.2 Å². The van der Waals surface area contributed by atoms with Crippen molar-refractivity contribution in [3.63, 3.8) is 0 Å². The third-order valence-electron chi connectivity index (χ3n) is 11.5. The number of alkyl carbamates (subject to hydrolysis) is 1. The number of carbonyl (C=O) groups excluding carboxylic acids is 6. The highest BCUT2D eigenvalue weighted by Gasteiger charge is 2.46. The Balaban J connectivity index is 0.823. The van der Waals surface area contributed by atoms with Crippen molar-refractivity contribution in [1.29, 1.82) is 0 Å². The highest BCUT2D eigenvalue weighted by molar-refractivity contribution is 6.25. The molecule has 2 aliphatic carbocycles. The van der Waals surface area contributed by atoms with Gasteiger partial charge in [0.1, 0.15) is 18.2 Å². The van der Waals surface area contributed by atoms with Gasteiger partial charge in [0.25, 0.3) is 11.8 Å². The van der Waals surface area contributed by atoms with Crippen LogP contribution in [0.4, 0.5) is 10.5 Å². The molecular formula is C42H56N4O11. The summed E-state index contributed by atoms with van der Waals surface area (Å²) in [5.74, 6) is -1.72. The second kappa shape index (κ2) is 19.7. The van der Waals surface area contributed by atoms with Crippen molar-refractivity contribution in [1.82, 2.24) is 15.5 Å². The summed E-state index contributed by atoms with van der Waals surface area (Å²) in [5.41, 5.74) is 2.12. The molecule has 1 unspecified atom stereocenters. The van der Waals surface area contributed by atoms with E-state index in [2.05, 4.69) is 48.0 Å². The van der Waals surface area contributed by atoms with E-state index in [0.29, 0.717) is 58.0 Å². The summed E-state index contributed by atoms with van der Waals surface area (Å²) in [6.45, 7) is 6.90. The lowest BCUT2D eigenvalue weighted by atomic mass is 9.65. The maximum Gasteiger partial charge on any atom is 0.407 e. The van der Waals surface area contributed by atoms with Crippen molar-refractivity contribution in [3.8, 4) is 0 Å². The summed E-state index contributed by atoms with van der Waals surface area (Å²) >= 11 is 0. The van der Waals surface area contributed by atoms with Crippen molar-refractivity contribution in [3.05, 3.63) is 53.1 Å². The Labute approximate surface area is 333 Å². The zero-order chi connectivity index (χ0) is 40.5. The topological polar surface area (TPSA) is 199 Å². The number of nitrogens with zero attached hydrogens (tertiary/aromatic N) is 1. The molecule has 57 heavy (non-hydrogen) atoms. The number of cyclic esters (lactones) is 1. The first-order valence-corrected chi connectivity index (χ1v) is 20.5. The minimum Gasteiger partial charge on any atom is -0.462 e. The largest absolute Gasteiger partial charge is 0.462 e. The normalized spacial score (nSPS) is 28.3. The lowest BCUT2D eigenvalue weighted by Gasteiger charge is -2.43. The molecule has 0 spiro atoms. The fraction of sp³-hybridized carbons (Fsp3) is 0.619. The number of aliphatic hydroxyl groups is 1. The second-order valence-electron chi connectivity index (χ2n) is 15.8. The molecule has 3 aliphatic heterocycles. The zero-order valence-electron chi connectivity index (χ0n) is 32.9. The van der Waals surface area contributed by atoms with Crippen molar-refractivity contribution in [2.45, 2.75) is 102 Å². The zero-order valence-corrected chi connectivity index (χ0v) is 32.9. The Morgan fingerprint density at radius 2 is 1.74 bits per heavy atom. The average molecular weight is 793 g/mol. The molecule has 0 aromatic heterocycles. The number of piperidine rings is 1. The maximum atomic E-state index is 13.2. The summed E-state index contributed by atoms with van der Waals surface area (Å²) in [4.78, 5) is 75.9. The molecular weight excluding hydrogens is 736 g/mol. The molecule has 1 aromatic carbocycles. The van der Waals surface area contributed by atoms with E-state index in [1.807, 2.05) is 0 Å². The van der Waals surface area contributed by atoms with Gasteiger partial charge in [0.2, 0.25) is 11.8 Å². The predicted octanol–water partition coefficient (Wildman–Crippen LogP) is 4.05. The number of imide groups is 2. The average Bonchev–Trinajstić information content (AvgIpc) is 3.41. The smallest absolute Gasteiger partial charge is 0.407 e. The fourth-order valence-corrected chi connectivity index (χ4v) is 8.75. The summed E-state index contributed by atoms with van der Waals surface area (Å²) < 4.78 is 23.0. The SMILES string of the molecule is C[C@H]1C=C2C=C[C@H](C)[C@H](CC[C@@H]3C[C@@H](O)CC(=O)O3)[C@H]2[C@@H](OC(=O)NCCOCCCCCOCCNc2cccc3c2C(=O)N(C2CCC(=O)NC2=O)C3=O)C1. The number of esters is 1. The summed E-state index contributed by atoms with van der Waals surface area (Å²) in [6.07, 6.45) is 10.4. The highest BCUT2D eigenvalue weighted by atomic mass is 16.6. The number of amides is 5. The Bertz CT molecular complexity index is 1730. The molecule has 0 saturated carbocycles. The monoisotopic (exact) mass is 792 g/mol. The first-order chi connectivity index (χ1) is 27.5. The summed E-state index contributed by atoms with van der Waals surface area (Å²) in [7, 11) is 0. The summed E-state index contributed by atoms with van der Waals surface area (Å²) in [6, 6.07) is 3.93. The van der Waals surface area contributed by atoms with Crippen LogP contribution in [0.3, 0.4) is 0 Å². The first-order valence-electron chi connectivity index (χ1n) is 20.5. The van der Waals surface area contributed by atoms with Crippen molar-refractivity contribution in [2.24, 2.45) is 23.7 Å². The quantitative estimate of drug-likeness (QED) is 0.0947. The number of allylic oxidation sites excluding steroid dienone is 3. The number of aliphatic hydroxyl groups excluding tert-OH is 1. The van der Waals surface area contributed by atoms with Gasteiger partial charge in [0, 0.05) is 50.8 Å². The van der Waals surface area contributed by atoms with E-state index < -0.39 is 41.9 Å². The Hall–Kier alpha value is -4.60. The number of nitrogens with one attached hydrogen (secondary N) is 3.